The maximum absolute atomic E-state index is 11.0. The molecule has 0 saturated carbocycles. The maximum Gasteiger partial charge on any atom is 0.174 e. The van der Waals surface area contributed by atoms with Crippen LogP contribution in [0.3, 0.4) is 0 Å². The highest BCUT2D eigenvalue weighted by Crippen LogP contribution is 2.12. The van der Waals surface area contributed by atoms with Crippen molar-refractivity contribution >= 4 is 9.84 Å². The summed E-state index contributed by atoms with van der Waals surface area (Å²) in [7, 11) is -2.95. The lowest BCUT2D eigenvalue weighted by Gasteiger charge is -2.08. The second-order valence-electron chi connectivity index (χ2n) is 3.63. The van der Waals surface area contributed by atoms with E-state index >= 15 is 0 Å². The maximum atomic E-state index is 11.0. The van der Waals surface area contributed by atoms with Crippen LogP contribution in [0.1, 0.15) is 32.6 Å². The van der Waals surface area contributed by atoms with Gasteiger partial charge in [-0.3, -0.25) is 0 Å². The molecule has 1 aliphatic rings. The van der Waals surface area contributed by atoms with Gasteiger partial charge in [-0.15, -0.1) is 0 Å². The van der Waals surface area contributed by atoms with Gasteiger partial charge >= 0.3 is 0 Å². The lowest BCUT2D eigenvalue weighted by molar-refractivity contribution is 0.0974. The first-order valence-corrected chi connectivity index (χ1v) is 6.88. The van der Waals surface area contributed by atoms with Crippen molar-refractivity contribution in [3.05, 3.63) is 11.5 Å². The monoisotopic (exact) mass is 218 g/mol. The zero-order valence-electron chi connectivity index (χ0n) is 8.61. The topological polar surface area (TPSA) is 43.4 Å². The van der Waals surface area contributed by atoms with Crippen LogP contribution in [0, 0.1) is 0 Å². The molecule has 0 aromatic carbocycles. The van der Waals surface area contributed by atoms with Gasteiger partial charge in [0.2, 0.25) is 0 Å². The molecule has 14 heavy (non-hydrogen) atoms. The number of sulfone groups is 1. The molecule has 1 aliphatic heterocycles. The minimum atomic E-state index is -2.95. The van der Waals surface area contributed by atoms with Crippen molar-refractivity contribution in [2.45, 2.75) is 38.7 Å². The number of hydrogen-bond donors (Lipinski definition) is 0. The Labute approximate surface area is 86.1 Å². The van der Waals surface area contributed by atoms with Gasteiger partial charge in [-0.05, 0) is 12.5 Å². The lowest BCUT2D eigenvalue weighted by atomic mass is 10.2. The molecule has 0 radical (unpaired) electrons. The largest absolute Gasteiger partial charge is 0.373 e. The average Bonchev–Trinajstić information content (AvgIpc) is 2.45. The molecule has 0 N–H and O–H groups in total. The third-order valence-electron chi connectivity index (χ3n) is 2.23. The van der Waals surface area contributed by atoms with Crippen molar-refractivity contribution in [3.8, 4) is 0 Å². The number of rotatable bonds is 6. The van der Waals surface area contributed by atoms with Gasteiger partial charge in [0.05, 0.1) is 11.9 Å². The second-order valence-corrected chi connectivity index (χ2v) is 5.56. The van der Waals surface area contributed by atoms with Gasteiger partial charge in [0.25, 0.3) is 0 Å². The van der Waals surface area contributed by atoms with Crippen LogP contribution in [0.25, 0.3) is 0 Å². The molecule has 0 spiro atoms. The average molecular weight is 218 g/mol. The number of unbranched alkanes of at least 4 members (excludes halogenated alkanes) is 3. The molecule has 0 aromatic heterocycles. The van der Waals surface area contributed by atoms with Gasteiger partial charge in [-0.2, -0.15) is 0 Å². The van der Waals surface area contributed by atoms with Crippen molar-refractivity contribution in [2.24, 2.45) is 0 Å². The van der Waals surface area contributed by atoms with Gasteiger partial charge in [-0.25, -0.2) is 8.42 Å². The number of hydrogen-bond acceptors (Lipinski definition) is 3. The molecular weight excluding hydrogens is 200 g/mol. The summed E-state index contributed by atoms with van der Waals surface area (Å²) in [5.41, 5.74) is 0. The van der Waals surface area contributed by atoms with Crippen LogP contribution < -0.4 is 0 Å². The predicted molar refractivity (Wildman–Crippen MR) is 56.8 cm³/mol. The van der Waals surface area contributed by atoms with Crippen LogP contribution in [-0.2, 0) is 14.6 Å². The van der Waals surface area contributed by atoms with Crippen molar-refractivity contribution in [3.63, 3.8) is 0 Å². The third-order valence-corrected chi connectivity index (χ3v) is 3.59. The second kappa shape index (κ2) is 5.51. The lowest BCUT2D eigenvalue weighted by Crippen LogP contribution is -2.15. The molecule has 0 aromatic rings. The van der Waals surface area contributed by atoms with E-state index in [4.69, 9.17) is 4.74 Å². The standard InChI is InChI=1S/C10H18O3S/c1-2-3-4-5-7-13-10-6-8-14(11,12)9-10/h6,8,10H,2-5,7,9H2,1H3. The van der Waals surface area contributed by atoms with E-state index in [1.165, 1.54) is 24.7 Å². The fourth-order valence-electron chi connectivity index (χ4n) is 1.41. The SMILES string of the molecule is CCCCCCOC1C=CS(=O)(=O)C1. The molecule has 4 heteroatoms. The van der Waals surface area contributed by atoms with Crippen LogP contribution in [0.15, 0.2) is 11.5 Å². The van der Waals surface area contributed by atoms with Crippen molar-refractivity contribution < 1.29 is 13.2 Å². The normalized spacial score (nSPS) is 24.2. The first-order chi connectivity index (χ1) is 6.64. The summed E-state index contributed by atoms with van der Waals surface area (Å²) in [5.74, 6) is 0.126. The summed E-state index contributed by atoms with van der Waals surface area (Å²) >= 11 is 0. The van der Waals surface area contributed by atoms with Gasteiger partial charge in [0, 0.05) is 12.0 Å². The highest BCUT2D eigenvalue weighted by atomic mass is 32.2. The zero-order valence-corrected chi connectivity index (χ0v) is 9.42. The molecule has 3 nitrogen and oxygen atoms in total. The quantitative estimate of drug-likeness (QED) is 0.639. The molecule has 0 fully saturated rings. The molecule has 1 heterocycles. The molecule has 1 unspecified atom stereocenters. The fraction of sp³-hybridized carbons (Fsp3) is 0.800. The predicted octanol–water partition coefficient (Wildman–Crippen LogP) is 1.89. The zero-order chi connectivity index (χ0) is 10.4. The van der Waals surface area contributed by atoms with E-state index in [2.05, 4.69) is 6.92 Å². The van der Waals surface area contributed by atoms with E-state index in [1.807, 2.05) is 0 Å². The summed E-state index contributed by atoms with van der Waals surface area (Å²) in [6, 6.07) is 0. The Kier molecular flexibility index (Phi) is 4.62. The Morgan fingerprint density at radius 1 is 1.36 bits per heavy atom. The summed E-state index contributed by atoms with van der Waals surface area (Å²) in [5, 5.41) is 1.25. The summed E-state index contributed by atoms with van der Waals surface area (Å²) in [6.45, 7) is 2.83. The molecule has 0 saturated heterocycles. The van der Waals surface area contributed by atoms with Crippen LogP contribution in [0.4, 0.5) is 0 Å². The molecule has 1 atom stereocenters. The fourth-order valence-corrected chi connectivity index (χ4v) is 2.61. The van der Waals surface area contributed by atoms with E-state index < -0.39 is 9.84 Å². The van der Waals surface area contributed by atoms with E-state index in [0.29, 0.717) is 6.61 Å². The van der Waals surface area contributed by atoms with Gasteiger partial charge in [0.15, 0.2) is 9.84 Å². The van der Waals surface area contributed by atoms with E-state index in [0.717, 1.165) is 6.42 Å². The van der Waals surface area contributed by atoms with Gasteiger partial charge in [0.1, 0.15) is 0 Å². The van der Waals surface area contributed by atoms with Gasteiger partial charge < -0.3 is 4.74 Å². The van der Waals surface area contributed by atoms with Crippen molar-refractivity contribution in [1.82, 2.24) is 0 Å². The summed E-state index contributed by atoms with van der Waals surface area (Å²) in [4.78, 5) is 0. The van der Waals surface area contributed by atoms with E-state index in [9.17, 15) is 8.42 Å². The summed E-state index contributed by atoms with van der Waals surface area (Å²) < 4.78 is 27.4. The van der Waals surface area contributed by atoms with Crippen LogP contribution >= 0.6 is 0 Å². The van der Waals surface area contributed by atoms with Crippen LogP contribution in [0.2, 0.25) is 0 Å². The number of ether oxygens (including phenoxy) is 1. The Morgan fingerprint density at radius 3 is 2.71 bits per heavy atom. The first-order valence-electron chi connectivity index (χ1n) is 5.16. The van der Waals surface area contributed by atoms with Crippen molar-refractivity contribution in [2.75, 3.05) is 12.4 Å². The first kappa shape index (κ1) is 11.7. The molecule has 0 amide bonds. The van der Waals surface area contributed by atoms with Crippen molar-refractivity contribution in [1.29, 1.82) is 0 Å². The Bertz CT molecular complexity index is 280. The Hall–Kier alpha value is -0.350. The molecule has 1 rings (SSSR count). The summed E-state index contributed by atoms with van der Waals surface area (Å²) in [6.07, 6.45) is 6.05. The molecular formula is C10H18O3S. The van der Waals surface area contributed by atoms with Gasteiger partial charge in [-0.1, -0.05) is 26.2 Å². The Balaban J connectivity index is 2.07. The van der Waals surface area contributed by atoms with Crippen LogP contribution in [-0.4, -0.2) is 26.9 Å². The third kappa shape index (κ3) is 4.24. The smallest absolute Gasteiger partial charge is 0.174 e. The highest BCUT2D eigenvalue weighted by molar-refractivity contribution is 7.94. The minimum Gasteiger partial charge on any atom is -0.373 e. The minimum absolute atomic E-state index is 0.126. The molecule has 0 aliphatic carbocycles. The molecule has 0 bridgehead atoms. The highest BCUT2D eigenvalue weighted by Gasteiger charge is 2.21. The molecule has 82 valence electrons. The Morgan fingerprint density at radius 2 is 2.14 bits per heavy atom. The van der Waals surface area contributed by atoms with Crippen LogP contribution in [0.5, 0.6) is 0 Å². The van der Waals surface area contributed by atoms with E-state index in [1.54, 1.807) is 6.08 Å². The van der Waals surface area contributed by atoms with E-state index in [-0.39, 0.29) is 11.9 Å².